The summed E-state index contributed by atoms with van der Waals surface area (Å²) in [5, 5.41) is 0. The van der Waals surface area contributed by atoms with Crippen molar-refractivity contribution < 1.29 is 22.0 Å². The summed E-state index contributed by atoms with van der Waals surface area (Å²) in [7, 11) is 0. The minimum absolute atomic E-state index is 0.0432. The highest BCUT2D eigenvalue weighted by Gasteiger charge is 2.23. The van der Waals surface area contributed by atoms with Gasteiger partial charge in [-0.3, -0.25) is 13.3 Å². The Bertz CT molecular complexity index is 1130. The number of ether oxygens (including phenoxy) is 2. The molecular formula is C26H29N3O5S. The van der Waals surface area contributed by atoms with E-state index in [-0.39, 0.29) is 12.0 Å². The molecule has 184 valence electrons. The first-order valence-electron chi connectivity index (χ1n) is 11.8. The van der Waals surface area contributed by atoms with Gasteiger partial charge in [0, 0.05) is 25.6 Å². The van der Waals surface area contributed by atoms with Crippen molar-refractivity contribution in [3.05, 3.63) is 77.6 Å². The minimum atomic E-state index is -1.64. The maximum absolute atomic E-state index is 11.2. The lowest BCUT2D eigenvalue weighted by molar-refractivity contribution is 0.0922. The van der Waals surface area contributed by atoms with Gasteiger partial charge in [0.2, 0.25) is 11.8 Å². The Balaban J connectivity index is 1.16. The van der Waals surface area contributed by atoms with Crippen LogP contribution in [0.2, 0.25) is 0 Å². The van der Waals surface area contributed by atoms with E-state index in [9.17, 15) is 4.21 Å². The van der Waals surface area contributed by atoms with Crippen molar-refractivity contribution in [1.29, 1.82) is 0 Å². The van der Waals surface area contributed by atoms with Gasteiger partial charge in [-0.05, 0) is 43.0 Å². The van der Waals surface area contributed by atoms with Crippen LogP contribution < -0.4 is 9.47 Å². The van der Waals surface area contributed by atoms with Gasteiger partial charge in [0.15, 0.2) is 0 Å². The second-order valence-corrected chi connectivity index (χ2v) is 9.71. The fourth-order valence-corrected chi connectivity index (χ4v) is 4.91. The zero-order chi connectivity index (χ0) is 24.0. The van der Waals surface area contributed by atoms with Crippen molar-refractivity contribution in [3.8, 4) is 17.5 Å². The summed E-state index contributed by atoms with van der Waals surface area (Å²) in [6.07, 6.45) is 3.51. The molecule has 1 aromatic heterocycles. The normalized spacial score (nSPS) is 21.5. The molecule has 0 aliphatic carbocycles. The molecule has 35 heavy (non-hydrogen) atoms. The standard InChI is InChI=1S/C26H29N3O5S/c1-19-25(33-23-9-7-21(8-10-23)22-16-31-35(30)32-17-22)27-18-28-26(19)34-24-11-13-29(14-12-24)15-20-5-3-2-4-6-20/h2-10,18,22,24H,11-17H2,1H3/t22-,35+. The maximum atomic E-state index is 11.2. The van der Waals surface area contributed by atoms with Crippen molar-refractivity contribution in [2.24, 2.45) is 0 Å². The molecule has 0 N–H and O–H groups in total. The van der Waals surface area contributed by atoms with Crippen LogP contribution in [-0.4, -0.2) is 51.5 Å². The Morgan fingerprint density at radius 1 is 0.971 bits per heavy atom. The van der Waals surface area contributed by atoms with Crippen molar-refractivity contribution in [2.45, 2.75) is 38.3 Å². The highest BCUT2D eigenvalue weighted by molar-refractivity contribution is 7.75. The monoisotopic (exact) mass is 495 g/mol. The number of piperidine rings is 1. The van der Waals surface area contributed by atoms with Gasteiger partial charge in [0.05, 0.1) is 18.8 Å². The second kappa shape index (κ2) is 11.3. The van der Waals surface area contributed by atoms with E-state index < -0.39 is 11.4 Å². The van der Waals surface area contributed by atoms with Crippen molar-refractivity contribution in [2.75, 3.05) is 26.3 Å². The number of aromatic nitrogens is 2. The summed E-state index contributed by atoms with van der Waals surface area (Å²) in [4.78, 5) is 11.1. The highest BCUT2D eigenvalue weighted by Crippen LogP contribution is 2.30. The van der Waals surface area contributed by atoms with Crippen LogP contribution in [0.5, 0.6) is 17.5 Å². The van der Waals surface area contributed by atoms with Gasteiger partial charge in [-0.15, -0.1) is 0 Å². The van der Waals surface area contributed by atoms with E-state index >= 15 is 0 Å². The van der Waals surface area contributed by atoms with Crippen LogP contribution in [0, 0.1) is 6.92 Å². The molecule has 2 aromatic carbocycles. The average molecular weight is 496 g/mol. The summed E-state index contributed by atoms with van der Waals surface area (Å²) < 4.78 is 33.6. The van der Waals surface area contributed by atoms with Crippen LogP contribution >= 0.6 is 0 Å². The van der Waals surface area contributed by atoms with Gasteiger partial charge in [0.1, 0.15) is 18.2 Å². The molecule has 0 saturated carbocycles. The van der Waals surface area contributed by atoms with E-state index in [1.165, 1.54) is 11.9 Å². The molecule has 2 saturated heterocycles. The third-order valence-electron chi connectivity index (χ3n) is 6.35. The summed E-state index contributed by atoms with van der Waals surface area (Å²) >= 11 is -1.64. The minimum Gasteiger partial charge on any atom is -0.474 e. The molecule has 0 amide bonds. The molecule has 0 atom stereocenters. The number of hydrogen-bond donors (Lipinski definition) is 0. The summed E-state index contributed by atoms with van der Waals surface area (Å²) in [6.45, 7) is 5.60. The summed E-state index contributed by atoms with van der Waals surface area (Å²) in [5.41, 5.74) is 3.15. The molecule has 0 spiro atoms. The van der Waals surface area contributed by atoms with Gasteiger partial charge >= 0.3 is 11.4 Å². The number of nitrogens with zero attached hydrogens (tertiary/aromatic N) is 3. The van der Waals surface area contributed by atoms with Crippen LogP contribution in [0.15, 0.2) is 60.9 Å². The summed E-state index contributed by atoms with van der Waals surface area (Å²) in [6, 6.07) is 18.2. The van der Waals surface area contributed by atoms with Crippen LogP contribution in [0.4, 0.5) is 0 Å². The van der Waals surface area contributed by atoms with Gasteiger partial charge in [-0.1, -0.05) is 42.5 Å². The molecule has 9 heteroatoms. The van der Waals surface area contributed by atoms with E-state index in [0.29, 0.717) is 30.7 Å². The lowest BCUT2D eigenvalue weighted by Crippen LogP contribution is -2.38. The number of hydrogen-bond acceptors (Lipinski definition) is 8. The Labute approximate surface area is 208 Å². The molecular weight excluding hydrogens is 466 g/mol. The van der Waals surface area contributed by atoms with E-state index in [0.717, 1.165) is 43.6 Å². The molecule has 0 radical (unpaired) electrons. The molecule has 2 aliphatic rings. The van der Waals surface area contributed by atoms with Crippen molar-refractivity contribution in [1.82, 2.24) is 14.9 Å². The molecule has 8 nitrogen and oxygen atoms in total. The zero-order valence-electron chi connectivity index (χ0n) is 19.7. The lowest BCUT2D eigenvalue weighted by Gasteiger charge is -2.32. The molecule has 3 aromatic rings. The van der Waals surface area contributed by atoms with Crippen LogP contribution in [0.3, 0.4) is 0 Å². The zero-order valence-corrected chi connectivity index (χ0v) is 20.5. The predicted molar refractivity (Wildman–Crippen MR) is 131 cm³/mol. The Morgan fingerprint density at radius 2 is 1.66 bits per heavy atom. The quantitative estimate of drug-likeness (QED) is 0.479. The third kappa shape index (κ3) is 6.24. The summed E-state index contributed by atoms with van der Waals surface area (Å²) in [5.74, 6) is 1.75. The second-order valence-electron chi connectivity index (χ2n) is 8.83. The number of benzene rings is 2. The van der Waals surface area contributed by atoms with Crippen LogP contribution in [-0.2, 0) is 26.3 Å². The molecule has 0 bridgehead atoms. The molecule has 0 unspecified atom stereocenters. The molecule has 2 fully saturated rings. The topological polar surface area (TPSA) is 83.0 Å². The number of rotatable bonds is 7. The fraction of sp³-hybridized carbons (Fsp3) is 0.385. The highest BCUT2D eigenvalue weighted by atomic mass is 32.2. The third-order valence-corrected chi connectivity index (χ3v) is 7.01. The van der Waals surface area contributed by atoms with E-state index in [1.807, 2.05) is 37.3 Å². The molecule has 2 aliphatic heterocycles. The Hall–Kier alpha value is -2.85. The van der Waals surface area contributed by atoms with Crippen molar-refractivity contribution in [3.63, 3.8) is 0 Å². The molecule has 3 heterocycles. The van der Waals surface area contributed by atoms with E-state index in [4.69, 9.17) is 17.8 Å². The number of likely N-dealkylation sites (tertiary alicyclic amines) is 1. The Kier molecular flexibility index (Phi) is 7.68. The average Bonchev–Trinajstić information content (AvgIpc) is 2.89. The smallest absolute Gasteiger partial charge is 0.304 e. The maximum Gasteiger partial charge on any atom is 0.304 e. The van der Waals surface area contributed by atoms with Crippen LogP contribution in [0.25, 0.3) is 0 Å². The first-order chi connectivity index (χ1) is 17.1. The first kappa shape index (κ1) is 23.9. The Morgan fingerprint density at radius 3 is 2.37 bits per heavy atom. The fourth-order valence-electron chi connectivity index (χ4n) is 4.29. The largest absolute Gasteiger partial charge is 0.474 e. The van der Waals surface area contributed by atoms with E-state index in [1.54, 1.807) is 0 Å². The first-order valence-corrected chi connectivity index (χ1v) is 12.8. The SMILES string of the molecule is Cc1c(Oc2ccc([C@H]3CO[S@@](=O)OC3)cc2)ncnc1OC1CCN(Cc2ccccc2)CC1. The van der Waals surface area contributed by atoms with E-state index in [2.05, 4.69) is 39.1 Å². The van der Waals surface area contributed by atoms with Gasteiger partial charge < -0.3 is 9.47 Å². The lowest BCUT2D eigenvalue weighted by atomic mass is 10.0. The predicted octanol–water partition coefficient (Wildman–Crippen LogP) is 4.33. The van der Waals surface area contributed by atoms with Crippen molar-refractivity contribution >= 4 is 11.4 Å². The van der Waals surface area contributed by atoms with Gasteiger partial charge in [-0.2, -0.15) is 4.21 Å². The van der Waals surface area contributed by atoms with Gasteiger partial charge in [0.25, 0.3) is 0 Å². The van der Waals surface area contributed by atoms with Crippen LogP contribution in [0.1, 0.15) is 35.4 Å². The van der Waals surface area contributed by atoms with Gasteiger partial charge in [-0.25, -0.2) is 9.97 Å². The molecule has 5 rings (SSSR count).